The minimum atomic E-state index is 0. The number of carbonyl (C=O) groups excluding carboxylic acids is 1. The van der Waals surface area contributed by atoms with Gasteiger partial charge in [-0.15, -0.1) is 12.4 Å². The van der Waals surface area contributed by atoms with Crippen LogP contribution in [0.25, 0.3) is 0 Å². The smallest absolute Gasteiger partial charge is 0.251 e. The third-order valence-electron chi connectivity index (χ3n) is 3.68. The van der Waals surface area contributed by atoms with Gasteiger partial charge in [-0.25, -0.2) is 0 Å². The summed E-state index contributed by atoms with van der Waals surface area (Å²) < 4.78 is 4.94. The Hall–Kier alpha value is -1.10. The summed E-state index contributed by atoms with van der Waals surface area (Å²) >= 11 is 0. The summed E-state index contributed by atoms with van der Waals surface area (Å²) in [5, 5.41) is 6.14. The number of rotatable bonds is 7. The normalized spacial score (nSPS) is 13.2. The van der Waals surface area contributed by atoms with Gasteiger partial charge in [-0.05, 0) is 48.9 Å². The lowest BCUT2D eigenvalue weighted by Gasteiger charge is -2.16. The fourth-order valence-electron chi connectivity index (χ4n) is 2.54. The SMILES string of the molecule is COCCNCCNC(=O)c1ccc2c(c1)CCCC2.Cl. The molecule has 0 aliphatic heterocycles. The van der Waals surface area contributed by atoms with Crippen molar-refractivity contribution in [1.29, 1.82) is 0 Å². The lowest BCUT2D eigenvalue weighted by atomic mass is 9.90. The molecule has 4 nitrogen and oxygen atoms in total. The van der Waals surface area contributed by atoms with Crippen molar-refractivity contribution in [2.75, 3.05) is 33.4 Å². The summed E-state index contributed by atoms with van der Waals surface area (Å²) in [7, 11) is 1.68. The lowest BCUT2D eigenvalue weighted by molar-refractivity contribution is 0.0953. The number of hydrogen-bond donors (Lipinski definition) is 2. The van der Waals surface area contributed by atoms with Crippen molar-refractivity contribution in [2.45, 2.75) is 25.7 Å². The van der Waals surface area contributed by atoms with Crippen molar-refractivity contribution in [3.05, 3.63) is 34.9 Å². The van der Waals surface area contributed by atoms with Gasteiger partial charge < -0.3 is 15.4 Å². The first-order valence-electron chi connectivity index (χ1n) is 7.41. The molecule has 118 valence electrons. The van der Waals surface area contributed by atoms with Crippen LogP contribution in [0.4, 0.5) is 0 Å². The van der Waals surface area contributed by atoms with E-state index in [0.717, 1.165) is 31.5 Å². The quantitative estimate of drug-likeness (QED) is 0.757. The highest BCUT2D eigenvalue weighted by Gasteiger charge is 2.12. The van der Waals surface area contributed by atoms with Crippen LogP contribution >= 0.6 is 12.4 Å². The highest BCUT2D eigenvalue weighted by Crippen LogP contribution is 2.22. The first-order valence-corrected chi connectivity index (χ1v) is 7.41. The van der Waals surface area contributed by atoms with Crippen LogP contribution in [0.15, 0.2) is 18.2 Å². The Labute approximate surface area is 133 Å². The number of fused-ring (bicyclic) bond motifs is 1. The van der Waals surface area contributed by atoms with Gasteiger partial charge >= 0.3 is 0 Å². The van der Waals surface area contributed by atoms with Crippen LogP contribution < -0.4 is 10.6 Å². The fraction of sp³-hybridized carbons (Fsp3) is 0.562. The largest absolute Gasteiger partial charge is 0.383 e. The predicted molar refractivity (Wildman–Crippen MR) is 87.4 cm³/mol. The molecule has 0 radical (unpaired) electrons. The average Bonchev–Trinajstić information content (AvgIpc) is 2.50. The zero-order chi connectivity index (χ0) is 14.2. The second-order valence-electron chi connectivity index (χ2n) is 5.19. The average molecular weight is 313 g/mol. The molecule has 2 N–H and O–H groups in total. The third kappa shape index (κ3) is 5.65. The molecule has 1 aromatic carbocycles. The minimum Gasteiger partial charge on any atom is -0.383 e. The molecule has 0 spiro atoms. The molecule has 2 rings (SSSR count). The number of nitrogens with one attached hydrogen (secondary N) is 2. The van der Waals surface area contributed by atoms with Gasteiger partial charge in [-0.3, -0.25) is 4.79 Å². The Kier molecular flexibility index (Phi) is 8.35. The highest BCUT2D eigenvalue weighted by molar-refractivity contribution is 5.94. The lowest BCUT2D eigenvalue weighted by Crippen LogP contribution is -2.33. The second-order valence-corrected chi connectivity index (χ2v) is 5.19. The Morgan fingerprint density at radius 1 is 1.14 bits per heavy atom. The van der Waals surface area contributed by atoms with Crippen LogP contribution in [-0.4, -0.2) is 39.3 Å². The molecule has 0 saturated carbocycles. The first kappa shape index (κ1) is 18.0. The van der Waals surface area contributed by atoms with E-state index in [1.807, 2.05) is 6.07 Å². The molecule has 0 bridgehead atoms. The molecule has 21 heavy (non-hydrogen) atoms. The van der Waals surface area contributed by atoms with Crippen LogP contribution in [0.3, 0.4) is 0 Å². The molecule has 1 aliphatic rings. The number of carbonyl (C=O) groups is 1. The molecule has 5 heteroatoms. The minimum absolute atomic E-state index is 0. The molecule has 0 fully saturated rings. The molecular weight excluding hydrogens is 288 g/mol. The maximum Gasteiger partial charge on any atom is 0.251 e. The van der Waals surface area contributed by atoms with Crippen LogP contribution in [-0.2, 0) is 17.6 Å². The van der Waals surface area contributed by atoms with E-state index in [4.69, 9.17) is 4.74 Å². The molecule has 0 aromatic heterocycles. The van der Waals surface area contributed by atoms with Crippen molar-refractivity contribution in [3.8, 4) is 0 Å². The van der Waals surface area contributed by atoms with Gasteiger partial charge in [-0.2, -0.15) is 0 Å². The molecule has 0 saturated heterocycles. The molecule has 1 amide bonds. The molecular formula is C16H25ClN2O2. The van der Waals surface area contributed by atoms with Gasteiger partial charge in [0.1, 0.15) is 0 Å². The van der Waals surface area contributed by atoms with Crippen molar-refractivity contribution in [2.24, 2.45) is 0 Å². The van der Waals surface area contributed by atoms with Crippen LogP contribution in [0.5, 0.6) is 0 Å². The summed E-state index contributed by atoms with van der Waals surface area (Å²) in [6, 6.07) is 6.11. The summed E-state index contributed by atoms with van der Waals surface area (Å²) in [4.78, 5) is 12.1. The van der Waals surface area contributed by atoms with Crippen LogP contribution in [0, 0.1) is 0 Å². The Balaban J connectivity index is 0.00000220. The third-order valence-corrected chi connectivity index (χ3v) is 3.68. The number of aryl methyl sites for hydroxylation is 2. The van der Waals surface area contributed by atoms with Crippen molar-refractivity contribution >= 4 is 18.3 Å². The number of halogens is 1. The number of ether oxygens (including phenoxy) is 1. The number of benzene rings is 1. The summed E-state index contributed by atoms with van der Waals surface area (Å²) in [6.07, 6.45) is 4.77. The zero-order valence-corrected chi connectivity index (χ0v) is 13.4. The first-order chi connectivity index (χ1) is 9.81. The highest BCUT2D eigenvalue weighted by atomic mass is 35.5. The predicted octanol–water partition coefficient (Wildman–Crippen LogP) is 1.95. The van der Waals surface area contributed by atoms with Gasteiger partial charge in [0.25, 0.3) is 5.91 Å². The Morgan fingerprint density at radius 2 is 1.90 bits per heavy atom. The maximum absolute atomic E-state index is 12.1. The number of hydrogen-bond acceptors (Lipinski definition) is 3. The van der Waals surface area contributed by atoms with Gasteiger partial charge in [0.2, 0.25) is 0 Å². The van der Waals surface area contributed by atoms with E-state index in [0.29, 0.717) is 13.2 Å². The van der Waals surface area contributed by atoms with E-state index in [1.54, 1.807) is 7.11 Å². The van der Waals surface area contributed by atoms with Crippen molar-refractivity contribution in [1.82, 2.24) is 10.6 Å². The van der Waals surface area contributed by atoms with Crippen molar-refractivity contribution < 1.29 is 9.53 Å². The van der Waals surface area contributed by atoms with E-state index in [9.17, 15) is 4.79 Å². The summed E-state index contributed by atoms with van der Waals surface area (Å²) in [5.74, 6) is 0.0203. The summed E-state index contributed by atoms with van der Waals surface area (Å²) in [6.45, 7) is 2.91. The van der Waals surface area contributed by atoms with Gasteiger partial charge in [0, 0.05) is 32.3 Å². The monoisotopic (exact) mass is 312 g/mol. The van der Waals surface area contributed by atoms with Crippen LogP contribution in [0.2, 0.25) is 0 Å². The second kappa shape index (κ2) is 9.77. The molecule has 1 aliphatic carbocycles. The topological polar surface area (TPSA) is 50.4 Å². The molecule has 0 heterocycles. The number of amides is 1. The van der Waals surface area contributed by atoms with Crippen molar-refractivity contribution in [3.63, 3.8) is 0 Å². The van der Waals surface area contributed by atoms with Gasteiger partial charge in [-0.1, -0.05) is 6.07 Å². The van der Waals surface area contributed by atoms with Crippen LogP contribution in [0.1, 0.15) is 34.3 Å². The molecule has 1 aromatic rings. The Morgan fingerprint density at radius 3 is 2.67 bits per heavy atom. The Bertz CT molecular complexity index is 452. The van der Waals surface area contributed by atoms with Gasteiger partial charge in [0.15, 0.2) is 0 Å². The summed E-state index contributed by atoms with van der Waals surface area (Å²) in [5.41, 5.74) is 3.54. The standard InChI is InChI=1S/C16H24N2O2.ClH/c1-20-11-10-17-8-9-18-16(19)15-7-6-13-4-2-3-5-14(13)12-15;/h6-7,12,17H,2-5,8-11H2,1H3,(H,18,19);1H. The number of methoxy groups -OCH3 is 1. The van der Waals surface area contributed by atoms with E-state index in [1.165, 1.54) is 24.0 Å². The molecule has 0 atom stereocenters. The van der Waals surface area contributed by atoms with E-state index >= 15 is 0 Å². The van der Waals surface area contributed by atoms with Gasteiger partial charge in [0.05, 0.1) is 6.61 Å². The van der Waals surface area contributed by atoms with E-state index < -0.39 is 0 Å². The maximum atomic E-state index is 12.1. The van der Waals surface area contributed by atoms with E-state index in [-0.39, 0.29) is 18.3 Å². The molecule has 0 unspecified atom stereocenters. The zero-order valence-electron chi connectivity index (χ0n) is 12.6. The fourth-order valence-corrected chi connectivity index (χ4v) is 2.54. The van der Waals surface area contributed by atoms with E-state index in [2.05, 4.69) is 22.8 Å².